The summed E-state index contributed by atoms with van der Waals surface area (Å²) in [7, 11) is 0. The van der Waals surface area contributed by atoms with Crippen molar-refractivity contribution in [3.05, 3.63) is 33.8 Å². The van der Waals surface area contributed by atoms with Gasteiger partial charge in [0.1, 0.15) is 5.78 Å². The smallest absolute Gasteiger partial charge is 0.135 e. The highest BCUT2D eigenvalue weighted by Crippen LogP contribution is 2.19. The molecule has 16 heavy (non-hydrogen) atoms. The van der Waals surface area contributed by atoms with Gasteiger partial charge in [-0.3, -0.25) is 4.79 Å². The van der Waals surface area contributed by atoms with E-state index in [0.717, 1.165) is 17.3 Å². The average molecular weight is 283 g/mol. The number of Topliss-reactive ketones (excluding diaryl/α,β-unsaturated/α-hetero) is 1. The van der Waals surface area contributed by atoms with E-state index in [1.54, 1.807) is 0 Å². The zero-order valence-electron chi connectivity index (χ0n) is 10.2. The van der Waals surface area contributed by atoms with Crippen LogP contribution in [-0.4, -0.2) is 5.78 Å². The second-order valence-corrected chi connectivity index (χ2v) is 5.41. The maximum absolute atomic E-state index is 11.4. The molecule has 2 heteroatoms. The minimum absolute atomic E-state index is 0.171. The van der Waals surface area contributed by atoms with Crippen LogP contribution in [0.4, 0.5) is 0 Å². The Morgan fingerprint density at radius 3 is 2.62 bits per heavy atom. The van der Waals surface area contributed by atoms with Crippen LogP contribution in [0.5, 0.6) is 0 Å². The lowest BCUT2D eigenvalue weighted by molar-refractivity contribution is -0.121. The zero-order valence-corrected chi connectivity index (χ0v) is 11.8. The molecule has 0 amide bonds. The first-order chi connectivity index (χ1) is 7.50. The van der Waals surface area contributed by atoms with Crippen LogP contribution in [0.3, 0.4) is 0 Å². The molecule has 1 aromatic carbocycles. The largest absolute Gasteiger partial charge is 0.299 e. The summed E-state index contributed by atoms with van der Waals surface area (Å²) in [6.45, 7) is 6.01. The van der Waals surface area contributed by atoms with Crippen molar-refractivity contribution in [2.24, 2.45) is 5.92 Å². The monoisotopic (exact) mass is 282 g/mol. The molecule has 1 rings (SSSR count). The molecule has 0 unspecified atom stereocenters. The Labute approximate surface area is 106 Å². The van der Waals surface area contributed by atoms with Crippen LogP contribution >= 0.6 is 15.9 Å². The Balaban J connectivity index is 2.43. The summed E-state index contributed by atoms with van der Waals surface area (Å²) in [5.74, 6) is 0.538. The second-order valence-electron chi connectivity index (χ2n) is 4.56. The zero-order chi connectivity index (χ0) is 12.1. The molecule has 0 saturated heterocycles. The molecule has 1 nitrogen and oxygen atoms in total. The Morgan fingerprint density at radius 1 is 1.38 bits per heavy atom. The molecule has 1 aromatic rings. The van der Waals surface area contributed by atoms with Gasteiger partial charge in [-0.1, -0.05) is 41.9 Å². The molecule has 0 atom stereocenters. The van der Waals surface area contributed by atoms with Crippen LogP contribution in [0.15, 0.2) is 22.7 Å². The quantitative estimate of drug-likeness (QED) is 0.787. The molecule has 0 aromatic heterocycles. The van der Waals surface area contributed by atoms with Gasteiger partial charge in [-0.25, -0.2) is 0 Å². The molecule has 0 aliphatic heterocycles. The third-order valence-electron chi connectivity index (χ3n) is 2.77. The fourth-order valence-corrected chi connectivity index (χ4v) is 1.97. The Hall–Kier alpha value is -0.630. The van der Waals surface area contributed by atoms with Crippen LogP contribution in [0.2, 0.25) is 0 Å². The lowest BCUT2D eigenvalue weighted by atomic mass is 10.0. The lowest BCUT2D eigenvalue weighted by Crippen LogP contribution is -2.06. The van der Waals surface area contributed by atoms with E-state index in [9.17, 15) is 4.79 Å². The number of halogens is 1. The SMILES string of the molecule is Cc1ccc(CCCC(=O)C(C)C)cc1Br. The van der Waals surface area contributed by atoms with Crippen LogP contribution in [-0.2, 0) is 11.2 Å². The van der Waals surface area contributed by atoms with Crippen molar-refractivity contribution in [1.29, 1.82) is 0 Å². The number of hydrogen-bond acceptors (Lipinski definition) is 1. The summed E-state index contributed by atoms with van der Waals surface area (Å²) in [5.41, 5.74) is 2.55. The topological polar surface area (TPSA) is 17.1 Å². The van der Waals surface area contributed by atoms with Gasteiger partial charge in [0.2, 0.25) is 0 Å². The van der Waals surface area contributed by atoms with Gasteiger partial charge in [-0.15, -0.1) is 0 Å². The van der Waals surface area contributed by atoms with Crippen molar-refractivity contribution < 1.29 is 4.79 Å². The van der Waals surface area contributed by atoms with Gasteiger partial charge in [-0.2, -0.15) is 0 Å². The standard InChI is InChI=1S/C14H19BrO/c1-10(2)14(16)6-4-5-12-8-7-11(3)13(15)9-12/h7-10H,4-6H2,1-3H3. The van der Waals surface area contributed by atoms with Crippen molar-refractivity contribution in [3.8, 4) is 0 Å². The summed E-state index contributed by atoms with van der Waals surface area (Å²) < 4.78 is 1.15. The third kappa shape index (κ3) is 4.09. The molecule has 0 bridgehead atoms. The number of carbonyl (C=O) groups is 1. The van der Waals surface area contributed by atoms with E-state index in [0.29, 0.717) is 12.2 Å². The van der Waals surface area contributed by atoms with Crippen LogP contribution in [0.1, 0.15) is 37.8 Å². The number of ketones is 1. The maximum atomic E-state index is 11.4. The molecule has 0 fully saturated rings. The fourth-order valence-electron chi connectivity index (χ4n) is 1.55. The predicted octanol–water partition coefficient (Wildman–Crippen LogP) is 4.31. The van der Waals surface area contributed by atoms with Gasteiger partial charge < -0.3 is 0 Å². The number of hydrogen-bond donors (Lipinski definition) is 0. The van der Waals surface area contributed by atoms with Crippen molar-refractivity contribution in [1.82, 2.24) is 0 Å². The van der Waals surface area contributed by atoms with Gasteiger partial charge in [0.15, 0.2) is 0 Å². The highest BCUT2D eigenvalue weighted by molar-refractivity contribution is 9.10. The van der Waals surface area contributed by atoms with Crippen LogP contribution in [0, 0.1) is 12.8 Å². The fraction of sp³-hybridized carbons (Fsp3) is 0.500. The Bertz CT molecular complexity index is 369. The lowest BCUT2D eigenvalue weighted by Gasteiger charge is -2.05. The molecular weight excluding hydrogens is 264 g/mol. The first-order valence-electron chi connectivity index (χ1n) is 5.78. The molecule has 0 heterocycles. The van der Waals surface area contributed by atoms with Gasteiger partial charge >= 0.3 is 0 Å². The number of rotatable bonds is 5. The Kier molecular flexibility index (Phi) is 5.20. The highest BCUT2D eigenvalue weighted by Gasteiger charge is 2.06. The van der Waals surface area contributed by atoms with Crippen molar-refractivity contribution in [3.63, 3.8) is 0 Å². The van der Waals surface area contributed by atoms with Crippen molar-refractivity contribution >= 4 is 21.7 Å². The number of carbonyl (C=O) groups excluding carboxylic acids is 1. The molecule has 0 aliphatic rings. The molecule has 0 N–H and O–H groups in total. The van der Waals surface area contributed by atoms with E-state index in [1.165, 1.54) is 11.1 Å². The van der Waals surface area contributed by atoms with E-state index in [1.807, 2.05) is 13.8 Å². The van der Waals surface area contributed by atoms with Gasteiger partial charge in [-0.05, 0) is 37.0 Å². The summed E-state index contributed by atoms with van der Waals surface area (Å²) in [4.78, 5) is 11.4. The van der Waals surface area contributed by atoms with E-state index in [-0.39, 0.29) is 5.92 Å². The van der Waals surface area contributed by atoms with Gasteiger partial charge in [0, 0.05) is 16.8 Å². The molecule has 0 aliphatic carbocycles. The summed E-state index contributed by atoms with van der Waals surface area (Å²) in [6.07, 6.45) is 2.63. The van der Waals surface area contributed by atoms with Crippen molar-refractivity contribution in [2.45, 2.75) is 40.0 Å². The molecule has 0 spiro atoms. The predicted molar refractivity (Wildman–Crippen MR) is 71.7 cm³/mol. The number of aryl methyl sites for hydroxylation is 2. The van der Waals surface area contributed by atoms with Gasteiger partial charge in [0.25, 0.3) is 0 Å². The minimum atomic E-state index is 0.171. The highest BCUT2D eigenvalue weighted by atomic mass is 79.9. The average Bonchev–Trinajstić information content (AvgIpc) is 2.23. The minimum Gasteiger partial charge on any atom is -0.299 e. The van der Waals surface area contributed by atoms with Crippen molar-refractivity contribution in [2.75, 3.05) is 0 Å². The molecule has 0 saturated carbocycles. The molecule has 88 valence electrons. The number of benzene rings is 1. The van der Waals surface area contributed by atoms with Gasteiger partial charge in [0.05, 0.1) is 0 Å². The van der Waals surface area contributed by atoms with E-state index >= 15 is 0 Å². The summed E-state index contributed by atoms with van der Waals surface area (Å²) in [6, 6.07) is 6.40. The summed E-state index contributed by atoms with van der Waals surface area (Å²) in [5, 5.41) is 0. The van der Waals surface area contributed by atoms with E-state index in [4.69, 9.17) is 0 Å². The first kappa shape index (κ1) is 13.4. The van der Waals surface area contributed by atoms with Crippen LogP contribution < -0.4 is 0 Å². The molecule has 0 radical (unpaired) electrons. The Morgan fingerprint density at radius 2 is 2.06 bits per heavy atom. The maximum Gasteiger partial charge on any atom is 0.135 e. The first-order valence-corrected chi connectivity index (χ1v) is 6.57. The summed E-state index contributed by atoms with van der Waals surface area (Å²) >= 11 is 3.52. The third-order valence-corrected chi connectivity index (χ3v) is 3.62. The van der Waals surface area contributed by atoms with E-state index < -0.39 is 0 Å². The second kappa shape index (κ2) is 6.19. The normalized spacial score (nSPS) is 10.8. The van der Waals surface area contributed by atoms with E-state index in [2.05, 4.69) is 41.1 Å². The van der Waals surface area contributed by atoms with Crippen LogP contribution in [0.25, 0.3) is 0 Å². The molecular formula is C14H19BrO.